The molecule has 1 aromatic carbocycles. The van der Waals surface area contributed by atoms with Crippen LogP contribution in [0, 0.1) is 6.92 Å². The lowest BCUT2D eigenvalue weighted by Gasteiger charge is -2.10. The lowest BCUT2D eigenvalue weighted by atomic mass is 9.94. The first-order chi connectivity index (χ1) is 6.77. The van der Waals surface area contributed by atoms with Gasteiger partial charge < -0.3 is 9.53 Å². The summed E-state index contributed by atoms with van der Waals surface area (Å²) < 4.78 is 5.48. The molecule has 1 aromatic rings. The molecule has 1 heterocycles. The van der Waals surface area contributed by atoms with Crippen molar-refractivity contribution in [1.82, 2.24) is 0 Å². The van der Waals surface area contributed by atoms with E-state index in [1.165, 1.54) is 11.1 Å². The van der Waals surface area contributed by atoms with Crippen molar-refractivity contribution in [2.24, 2.45) is 0 Å². The van der Waals surface area contributed by atoms with Crippen molar-refractivity contribution < 1.29 is 9.53 Å². The van der Waals surface area contributed by atoms with Gasteiger partial charge in [-0.1, -0.05) is 29.8 Å². The van der Waals surface area contributed by atoms with Crippen LogP contribution in [-0.4, -0.2) is 12.9 Å². The molecular formula is C12H14O2. The Morgan fingerprint density at radius 2 is 2.36 bits per heavy atom. The van der Waals surface area contributed by atoms with Crippen LogP contribution in [0.3, 0.4) is 0 Å². The monoisotopic (exact) mass is 190 g/mol. The van der Waals surface area contributed by atoms with Gasteiger partial charge in [0, 0.05) is 6.42 Å². The molecule has 2 rings (SSSR count). The molecule has 0 amide bonds. The number of epoxide rings is 1. The smallest absolute Gasteiger partial charge is 0.120 e. The molecule has 0 bridgehead atoms. The van der Waals surface area contributed by atoms with Crippen LogP contribution in [0.2, 0.25) is 0 Å². The third kappa shape index (κ3) is 1.70. The Labute approximate surface area is 83.9 Å². The standard InChI is InChI=1S/C12H14O2/c1-10-4-2-5-11(8-10)12(9-14-12)6-3-7-13/h2,4-5,7-8H,3,6,9H2,1H3/t12-/m1/s1. The lowest BCUT2D eigenvalue weighted by Crippen LogP contribution is -2.08. The Balaban J connectivity index is 2.17. The highest BCUT2D eigenvalue weighted by molar-refractivity contribution is 5.50. The fourth-order valence-corrected chi connectivity index (χ4v) is 1.76. The summed E-state index contributed by atoms with van der Waals surface area (Å²) >= 11 is 0. The average Bonchev–Trinajstić information content (AvgIpc) is 2.96. The molecule has 0 spiro atoms. The van der Waals surface area contributed by atoms with Crippen molar-refractivity contribution in [1.29, 1.82) is 0 Å². The van der Waals surface area contributed by atoms with E-state index in [0.717, 1.165) is 19.3 Å². The van der Waals surface area contributed by atoms with Gasteiger partial charge in [-0.15, -0.1) is 0 Å². The largest absolute Gasteiger partial charge is 0.364 e. The summed E-state index contributed by atoms with van der Waals surface area (Å²) in [5, 5.41) is 0. The second-order valence-electron chi connectivity index (χ2n) is 3.86. The maximum absolute atomic E-state index is 10.3. The molecule has 74 valence electrons. The Morgan fingerprint density at radius 1 is 1.57 bits per heavy atom. The van der Waals surface area contributed by atoms with Crippen LogP contribution in [0.4, 0.5) is 0 Å². The number of hydrogen-bond donors (Lipinski definition) is 0. The topological polar surface area (TPSA) is 29.6 Å². The van der Waals surface area contributed by atoms with Crippen LogP contribution in [0.25, 0.3) is 0 Å². The molecular weight excluding hydrogens is 176 g/mol. The molecule has 0 aliphatic carbocycles. The van der Waals surface area contributed by atoms with Crippen molar-refractivity contribution in [3.8, 4) is 0 Å². The molecule has 0 saturated carbocycles. The quantitative estimate of drug-likeness (QED) is 0.538. The van der Waals surface area contributed by atoms with Gasteiger partial charge in [-0.05, 0) is 18.9 Å². The van der Waals surface area contributed by atoms with Gasteiger partial charge in [-0.3, -0.25) is 0 Å². The van der Waals surface area contributed by atoms with Gasteiger partial charge in [0.1, 0.15) is 11.9 Å². The first-order valence-electron chi connectivity index (χ1n) is 4.92. The Hall–Kier alpha value is -1.15. The van der Waals surface area contributed by atoms with Crippen LogP contribution in [0.5, 0.6) is 0 Å². The van der Waals surface area contributed by atoms with Crippen LogP contribution in [0.15, 0.2) is 24.3 Å². The third-order valence-corrected chi connectivity index (χ3v) is 2.70. The van der Waals surface area contributed by atoms with Crippen LogP contribution in [0.1, 0.15) is 24.0 Å². The maximum Gasteiger partial charge on any atom is 0.120 e. The van der Waals surface area contributed by atoms with E-state index in [2.05, 4.69) is 25.1 Å². The molecule has 2 nitrogen and oxygen atoms in total. The summed E-state index contributed by atoms with van der Waals surface area (Å²) in [5.41, 5.74) is 2.30. The number of hydrogen-bond acceptors (Lipinski definition) is 2. The molecule has 14 heavy (non-hydrogen) atoms. The van der Waals surface area contributed by atoms with Crippen LogP contribution < -0.4 is 0 Å². The van der Waals surface area contributed by atoms with E-state index in [0.29, 0.717) is 6.42 Å². The van der Waals surface area contributed by atoms with Crippen molar-refractivity contribution in [3.05, 3.63) is 35.4 Å². The van der Waals surface area contributed by atoms with Crippen molar-refractivity contribution in [3.63, 3.8) is 0 Å². The highest BCUT2D eigenvalue weighted by Gasteiger charge is 2.45. The van der Waals surface area contributed by atoms with Gasteiger partial charge in [0.25, 0.3) is 0 Å². The van der Waals surface area contributed by atoms with E-state index in [-0.39, 0.29) is 5.60 Å². The zero-order chi connectivity index (χ0) is 10.0. The molecule has 1 fully saturated rings. The Kier molecular flexibility index (Phi) is 2.38. The number of carbonyl (C=O) groups excluding carboxylic acids is 1. The van der Waals surface area contributed by atoms with E-state index in [4.69, 9.17) is 4.74 Å². The average molecular weight is 190 g/mol. The number of rotatable bonds is 4. The zero-order valence-corrected chi connectivity index (χ0v) is 8.32. The predicted octanol–water partition coefficient (Wildman–Crippen LogP) is 2.20. The minimum absolute atomic E-state index is 0.146. The summed E-state index contributed by atoms with van der Waals surface area (Å²) in [4.78, 5) is 10.3. The Morgan fingerprint density at radius 3 is 2.93 bits per heavy atom. The predicted molar refractivity (Wildman–Crippen MR) is 54.1 cm³/mol. The van der Waals surface area contributed by atoms with E-state index in [1.807, 2.05) is 6.07 Å². The number of carbonyl (C=O) groups is 1. The zero-order valence-electron chi connectivity index (χ0n) is 8.32. The second-order valence-corrected chi connectivity index (χ2v) is 3.86. The molecule has 2 heteroatoms. The molecule has 0 radical (unpaired) electrons. The van der Waals surface area contributed by atoms with E-state index in [1.54, 1.807) is 0 Å². The fourth-order valence-electron chi connectivity index (χ4n) is 1.76. The van der Waals surface area contributed by atoms with Crippen LogP contribution in [-0.2, 0) is 15.1 Å². The van der Waals surface area contributed by atoms with E-state index >= 15 is 0 Å². The third-order valence-electron chi connectivity index (χ3n) is 2.70. The SMILES string of the molecule is Cc1cccc([C@@]2(CCC=O)CO2)c1. The summed E-state index contributed by atoms with van der Waals surface area (Å²) in [6.45, 7) is 2.82. The Bertz CT molecular complexity index is 340. The number of aldehydes is 1. The summed E-state index contributed by atoms with van der Waals surface area (Å²) in [6.07, 6.45) is 2.34. The maximum atomic E-state index is 10.3. The molecule has 0 unspecified atom stereocenters. The minimum Gasteiger partial charge on any atom is -0.364 e. The van der Waals surface area contributed by atoms with Gasteiger partial charge >= 0.3 is 0 Å². The number of ether oxygens (including phenoxy) is 1. The summed E-state index contributed by atoms with van der Waals surface area (Å²) in [6, 6.07) is 8.32. The minimum atomic E-state index is -0.146. The van der Waals surface area contributed by atoms with Crippen LogP contribution >= 0.6 is 0 Å². The molecule has 1 saturated heterocycles. The van der Waals surface area contributed by atoms with Gasteiger partial charge in [0.2, 0.25) is 0 Å². The molecule has 1 atom stereocenters. The van der Waals surface area contributed by atoms with Crippen molar-refractivity contribution >= 4 is 6.29 Å². The van der Waals surface area contributed by atoms with Gasteiger partial charge in [-0.2, -0.15) is 0 Å². The van der Waals surface area contributed by atoms with E-state index < -0.39 is 0 Å². The molecule has 1 aliphatic heterocycles. The van der Waals surface area contributed by atoms with Gasteiger partial charge in [-0.25, -0.2) is 0 Å². The lowest BCUT2D eigenvalue weighted by molar-refractivity contribution is -0.108. The highest BCUT2D eigenvalue weighted by atomic mass is 16.6. The highest BCUT2D eigenvalue weighted by Crippen LogP contribution is 2.42. The van der Waals surface area contributed by atoms with Crippen molar-refractivity contribution in [2.45, 2.75) is 25.4 Å². The molecule has 0 N–H and O–H groups in total. The molecule has 1 aliphatic rings. The van der Waals surface area contributed by atoms with Gasteiger partial charge in [0.15, 0.2) is 0 Å². The second kappa shape index (κ2) is 3.54. The van der Waals surface area contributed by atoms with Crippen molar-refractivity contribution in [2.75, 3.05) is 6.61 Å². The molecule has 0 aromatic heterocycles. The van der Waals surface area contributed by atoms with Gasteiger partial charge in [0.05, 0.1) is 6.61 Å². The fraction of sp³-hybridized carbons (Fsp3) is 0.417. The summed E-state index contributed by atoms with van der Waals surface area (Å²) in [7, 11) is 0. The number of aryl methyl sites for hydroxylation is 1. The van der Waals surface area contributed by atoms with E-state index in [9.17, 15) is 4.79 Å². The normalized spacial score (nSPS) is 24.6. The summed E-state index contributed by atoms with van der Waals surface area (Å²) in [5.74, 6) is 0. The first-order valence-corrected chi connectivity index (χ1v) is 4.92. The first kappa shape index (κ1) is 9.41. The number of benzene rings is 1.